The average molecular weight is 297 g/mol. The van der Waals surface area contributed by atoms with E-state index < -0.39 is 0 Å². The van der Waals surface area contributed by atoms with Gasteiger partial charge in [-0.3, -0.25) is 0 Å². The van der Waals surface area contributed by atoms with Crippen LogP contribution in [0.15, 0.2) is 22.7 Å². The molecule has 0 aliphatic carbocycles. The Morgan fingerprint density at radius 3 is 2.76 bits per heavy atom. The third kappa shape index (κ3) is 3.45. The second-order valence-electron chi connectivity index (χ2n) is 3.86. The van der Waals surface area contributed by atoms with Crippen LogP contribution in [0.25, 0.3) is 0 Å². The van der Waals surface area contributed by atoms with E-state index in [2.05, 4.69) is 40.7 Å². The Morgan fingerprint density at radius 1 is 1.53 bits per heavy atom. The summed E-state index contributed by atoms with van der Waals surface area (Å²) in [6.45, 7) is 5.66. The lowest BCUT2D eigenvalue weighted by atomic mass is 10.1. The Bertz CT molecular complexity index is 414. The summed E-state index contributed by atoms with van der Waals surface area (Å²) in [6.07, 6.45) is 0. The van der Waals surface area contributed by atoms with E-state index >= 15 is 0 Å². The van der Waals surface area contributed by atoms with E-state index in [1.165, 1.54) is 0 Å². The second kappa shape index (κ2) is 6.63. The lowest BCUT2D eigenvalue weighted by Crippen LogP contribution is -2.36. The molecule has 0 saturated heterocycles. The number of ether oxygens (including phenoxy) is 1. The zero-order valence-electron chi connectivity index (χ0n) is 10.4. The Kier molecular flexibility index (Phi) is 5.46. The normalized spacial score (nSPS) is 11.9. The van der Waals surface area contributed by atoms with Crippen LogP contribution >= 0.6 is 15.9 Å². The molecule has 17 heavy (non-hydrogen) atoms. The van der Waals surface area contributed by atoms with E-state index in [-0.39, 0.29) is 6.04 Å². The molecule has 1 aromatic carbocycles. The summed E-state index contributed by atoms with van der Waals surface area (Å²) in [5, 5.41) is 9.14. The molecule has 1 aromatic rings. The molecule has 0 bridgehead atoms. The van der Waals surface area contributed by atoms with Crippen LogP contribution in [0.1, 0.15) is 19.4 Å². The Hall–Kier alpha value is -1.05. The predicted molar refractivity (Wildman–Crippen MR) is 73.2 cm³/mol. The predicted octanol–water partition coefficient (Wildman–Crippen LogP) is 3.18. The summed E-state index contributed by atoms with van der Waals surface area (Å²) in [7, 11) is 1.69. The van der Waals surface area contributed by atoms with Gasteiger partial charge in [-0.15, -0.1) is 0 Å². The molecule has 0 heterocycles. The minimum absolute atomic E-state index is 0.242. The second-order valence-corrected chi connectivity index (χ2v) is 4.78. The van der Waals surface area contributed by atoms with Crippen molar-refractivity contribution in [2.75, 3.05) is 25.2 Å². The highest BCUT2D eigenvalue weighted by Gasteiger charge is 2.16. The smallest absolute Gasteiger partial charge is 0.101 e. The highest BCUT2D eigenvalue weighted by molar-refractivity contribution is 9.10. The first-order valence-corrected chi connectivity index (χ1v) is 6.38. The number of benzene rings is 1. The number of nitrogens with zero attached hydrogens (tertiary/aromatic N) is 2. The molecule has 0 saturated carbocycles. The standard InChI is InChI=1S/C13H17BrN2O/c1-4-16(10(2)9-17-3)13-7-12(14)6-5-11(13)8-15/h5-7,10H,4,9H2,1-3H3. The molecule has 0 radical (unpaired) electrons. The molecular weight excluding hydrogens is 280 g/mol. The van der Waals surface area contributed by atoms with Crippen LogP contribution in [0.3, 0.4) is 0 Å². The number of hydrogen-bond donors (Lipinski definition) is 0. The lowest BCUT2D eigenvalue weighted by molar-refractivity contribution is 0.182. The fraction of sp³-hybridized carbons (Fsp3) is 0.462. The van der Waals surface area contributed by atoms with E-state index in [0.717, 1.165) is 16.7 Å². The van der Waals surface area contributed by atoms with Crippen molar-refractivity contribution in [3.8, 4) is 6.07 Å². The molecule has 0 aliphatic rings. The highest BCUT2D eigenvalue weighted by Crippen LogP contribution is 2.26. The third-order valence-electron chi connectivity index (χ3n) is 2.67. The van der Waals surface area contributed by atoms with Gasteiger partial charge in [0.2, 0.25) is 0 Å². The summed E-state index contributed by atoms with van der Waals surface area (Å²) < 4.78 is 6.16. The van der Waals surface area contributed by atoms with Gasteiger partial charge in [-0.2, -0.15) is 5.26 Å². The van der Waals surface area contributed by atoms with Crippen molar-refractivity contribution in [3.05, 3.63) is 28.2 Å². The molecule has 1 atom stereocenters. The van der Waals surface area contributed by atoms with Gasteiger partial charge in [0.05, 0.1) is 17.9 Å². The fourth-order valence-corrected chi connectivity index (χ4v) is 2.24. The van der Waals surface area contributed by atoms with E-state index in [1.807, 2.05) is 18.2 Å². The molecule has 0 spiro atoms. The zero-order valence-corrected chi connectivity index (χ0v) is 12.0. The van der Waals surface area contributed by atoms with Crippen molar-refractivity contribution in [1.82, 2.24) is 0 Å². The summed E-state index contributed by atoms with van der Waals surface area (Å²) >= 11 is 3.44. The summed E-state index contributed by atoms with van der Waals surface area (Å²) in [6, 6.07) is 8.17. The number of rotatable bonds is 5. The Labute approximate surface area is 111 Å². The van der Waals surface area contributed by atoms with Crippen LogP contribution in [-0.2, 0) is 4.74 Å². The van der Waals surface area contributed by atoms with Gasteiger partial charge >= 0.3 is 0 Å². The molecule has 0 N–H and O–H groups in total. The molecule has 1 rings (SSSR count). The number of nitriles is 1. The van der Waals surface area contributed by atoms with E-state index in [9.17, 15) is 0 Å². The maximum absolute atomic E-state index is 9.14. The van der Waals surface area contributed by atoms with Crippen LogP contribution in [0.4, 0.5) is 5.69 Å². The first-order valence-electron chi connectivity index (χ1n) is 5.59. The van der Waals surface area contributed by atoms with Crippen molar-refractivity contribution >= 4 is 21.6 Å². The van der Waals surface area contributed by atoms with Crippen molar-refractivity contribution in [2.45, 2.75) is 19.9 Å². The Morgan fingerprint density at radius 2 is 2.24 bits per heavy atom. The molecule has 0 amide bonds. The molecule has 0 fully saturated rings. The minimum atomic E-state index is 0.242. The zero-order chi connectivity index (χ0) is 12.8. The maximum atomic E-state index is 9.14. The quantitative estimate of drug-likeness (QED) is 0.837. The molecule has 1 unspecified atom stereocenters. The molecule has 0 aliphatic heterocycles. The van der Waals surface area contributed by atoms with E-state index in [0.29, 0.717) is 12.2 Å². The van der Waals surface area contributed by atoms with Crippen molar-refractivity contribution in [1.29, 1.82) is 5.26 Å². The highest BCUT2D eigenvalue weighted by atomic mass is 79.9. The average Bonchev–Trinajstić information content (AvgIpc) is 2.31. The van der Waals surface area contributed by atoms with Crippen LogP contribution in [0.2, 0.25) is 0 Å². The van der Waals surface area contributed by atoms with Crippen LogP contribution < -0.4 is 4.90 Å². The fourth-order valence-electron chi connectivity index (χ4n) is 1.89. The van der Waals surface area contributed by atoms with Crippen molar-refractivity contribution in [3.63, 3.8) is 0 Å². The van der Waals surface area contributed by atoms with E-state index in [4.69, 9.17) is 10.00 Å². The molecule has 4 heteroatoms. The SMILES string of the molecule is CCN(c1cc(Br)ccc1C#N)C(C)COC. The van der Waals surface area contributed by atoms with Gasteiger partial charge in [-0.05, 0) is 32.0 Å². The first-order chi connectivity index (χ1) is 8.13. The van der Waals surface area contributed by atoms with Gasteiger partial charge in [0, 0.05) is 24.2 Å². The number of likely N-dealkylation sites (N-methyl/N-ethyl adjacent to an activating group) is 1. The molecule has 3 nitrogen and oxygen atoms in total. The number of anilines is 1. The number of methoxy groups -OCH3 is 1. The van der Waals surface area contributed by atoms with E-state index in [1.54, 1.807) is 7.11 Å². The number of halogens is 1. The maximum Gasteiger partial charge on any atom is 0.101 e. The summed E-state index contributed by atoms with van der Waals surface area (Å²) in [4.78, 5) is 2.17. The van der Waals surface area contributed by atoms with Gasteiger partial charge in [0.1, 0.15) is 6.07 Å². The van der Waals surface area contributed by atoms with Gasteiger partial charge < -0.3 is 9.64 Å². The number of hydrogen-bond acceptors (Lipinski definition) is 3. The summed E-state index contributed by atoms with van der Waals surface area (Å²) in [5.74, 6) is 0. The van der Waals surface area contributed by atoms with Crippen molar-refractivity contribution < 1.29 is 4.74 Å². The first kappa shape index (κ1) is 14.0. The van der Waals surface area contributed by atoms with Crippen LogP contribution in [0.5, 0.6) is 0 Å². The van der Waals surface area contributed by atoms with Crippen LogP contribution in [0, 0.1) is 11.3 Å². The third-order valence-corrected chi connectivity index (χ3v) is 3.16. The van der Waals surface area contributed by atoms with Crippen molar-refractivity contribution in [2.24, 2.45) is 0 Å². The molecule has 92 valence electrons. The monoisotopic (exact) mass is 296 g/mol. The van der Waals surface area contributed by atoms with Gasteiger partial charge in [-0.1, -0.05) is 15.9 Å². The minimum Gasteiger partial charge on any atom is -0.383 e. The van der Waals surface area contributed by atoms with Gasteiger partial charge in [0.25, 0.3) is 0 Å². The lowest BCUT2D eigenvalue weighted by Gasteiger charge is -2.30. The largest absolute Gasteiger partial charge is 0.383 e. The molecular formula is C13H17BrN2O. The Balaban J connectivity index is 3.10. The van der Waals surface area contributed by atoms with Gasteiger partial charge in [-0.25, -0.2) is 0 Å². The summed E-state index contributed by atoms with van der Waals surface area (Å²) in [5.41, 5.74) is 1.65. The molecule has 0 aromatic heterocycles. The van der Waals surface area contributed by atoms with Gasteiger partial charge in [0.15, 0.2) is 0 Å². The van der Waals surface area contributed by atoms with Crippen LogP contribution in [-0.4, -0.2) is 26.3 Å². The topological polar surface area (TPSA) is 36.3 Å².